The van der Waals surface area contributed by atoms with Gasteiger partial charge in [0.1, 0.15) is 0 Å². The van der Waals surface area contributed by atoms with Gasteiger partial charge in [-0.3, -0.25) is 0 Å². The summed E-state index contributed by atoms with van der Waals surface area (Å²) < 4.78 is 15.6. The Labute approximate surface area is 144 Å². The van der Waals surface area contributed by atoms with E-state index in [1.54, 1.807) is 6.26 Å². The lowest BCUT2D eigenvalue weighted by molar-refractivity contribution is 0.277. The van der Waals surface area contributed by atoms with Gasteiger partial charge in [0, 0.05) is 13.6 Å². The van der Waals surface area contributed by atoms with Crippen molar-refractivity contribution in [3.63, 3.8) is 0 Å². The highest BCUT2D eigenvalue weighted by Gasteiger charge is 2.31. The molecule has 0 aromatic rings. The molecule has 2 atom stereocenters. The zero-order chi connectivity index (χ0) is 17.3. The molecule has 0 saturated heterocycles. The van der Waals surface area contributed by atoms with Crippen molar-refractivity contribution in [1.82, 2.24) is 4.90 Å². The number of nitrogens with zero attached hydrogens (tertiary/aromatic N) is 1. The highest BCUT2D eigenvalue weighted by molar-refractivity contribution is 8.32. The number of halogens is 1. The first-order valence-electron chi connectivity index (χ1n) is 8.72. The summed E-state index contributed by atoms with van der Waals surface area (Å²) in [5.74, 6) is 0.694. The maximum atomic E-state index is 15.6. The second kappa shape index (κ2) is 10.0. The summed E-state index contributed by atoms with van der Waals surface area (Å²) >= 11 is 0. The van der Waals surface area contributed by atoms with Crippen LogP contribution < -0.4 is 0 Å². The van der Waals surface area contributed by atoms with Gasteiger partial charge in [0.15, 0.2) is 0 Å². The summed E-state index contributed by atoms with van der Waals surface area (Å²) in [6, 6.07) is 0. The second-order valence-corrected chi connectivity index (χ2v) is 9.33. The fourth-order valence-electron chi connectivity index (χ4n) is 3.15. The lowest BCUT2D eigenvalue weighted by atomic mass is 9.89. The van der Waals surface area contributed by atoms with E-state index in [2.05, 4.69) is 11.5 Å². The third-order valence-corrected chi connectivity index (χ3v) is 7.21. The Kier molecular flexibility index (Phi) is 8.75. The Balaban J connectivity index is 2.78. The minimum absolute atomic E-state index is 0.218. The molecule has 132 valence electrons. The monoisotopic (exact) mass is 339 g/mol. The van der Waals surface area contributed by atoms with Gasteiger partial charge in [-0.15, -0.1) is 0 Å². The van der Waals surface area contributed by atoms with Crippen LogP contribution in [0.15, 0.2) is 48.1 Å². The molecule has 0 bridgehead atoms. The van der Waals surface area contributed by atoms with Gasteiger partial charge < -0.3 is 4.90 Å². The molecule has 0 amide bonds. The van der Waals surface area contributed by atoms with Gasteiger partial charge in [-0.2, -0.15) is 3.89 Å². The van der Waals surface area contributed by atoms with Crippen molar-refractivity contribution in [1.29, 1.82) is 0 Å². The quantitative estimate of drug-likeness (QED) is 0.367. The Morgan fingerprint density at radius 3 is 2.39 bits per heavy atom. The molecule has 1 fully saturated rings. The molecule has 1 aliphatic carbocycles. The second-order valence-electron chi connectivity index (χ2n) is 6.56. The van der Waals surface area contributed by atoms with Crippen LogP contribution in [0.5, 0.6) is 0 Å². The van der Waals surface area contributed by atoms with E-state index >= 15 is 3.89 Å². The van der Waals surface area contributed by atoms with Crippen molar-refractivity contribution in [2.45, 2.75) is 51.2 Å². The predicted octanol–water partition coefficient (Wildman–Crippen LogP) is 6.37. The average molecular weight is 340 g/mol. The van der Waals surface area contributed by atoms with Crippen LogP contribution in [-0.4, -0.2) is 30.0 Å². The summed E-state index contributed by atoms with van der Waals surface area (Å²) in [6.07, 6.45) is 19.9. The van der Waals surface area contributed by atoms with Gasteiger partial charge in [-0.25, -0.2) is 0 Å². The SMILES string of the molecule is C=C(N(C)CC1CCCCC1)S(C)(F)C(/C=C\C)/C=C\C=C/C. The molecule has 23 heavy (non-hydrogen) atoms. The summed E-state index contributed by atoms with van der Waals surface area (Å²) in [5.41, 5.74) is 0. The van der Waals surface area contributed by atoms with E-state index in [1.165, 1.54) is 32.1 Å². The zero-order valence-electron chi connectivity index (χ0n) is 15.3. The molecule has 0 spiro atoms. The minimum atomic E-state index is -2.47. The molecular formula is C20H34FNS. The maximum Gasteiger partial charge on any atom is 0.0736 e. The van der Waals surface area contributed by atoms with Gasteiger partial charge in [0.25, 0.3) is 0 Å². The number of hydrogen-bond donors (Lipinski definition) is 0. The van der Waals surface area contributed by atoms with Crippen LogP contribution >= 0.6 is 10.4 Å². The highest BCUT2D eigenvalue weighted by atomic mass is 32.3. The topological polar surface area (TPSA) is 3.24 Å². The molecule has 1 saturated carbocycles. The fourth-order valence-corrected chi connectivity index (χ4v) is 4.99. The standard InChI is InChI=1S/C20H34FNS/c1-6-8-10-16-20(13-7-2)23(5,21)18(3)22(4)17-19-14-11-9-12-15-19/h6-8,10,13,16,19-20H,3,9,11-12,14-15,17H2,1-2,4-5H3/b8-6-,13-7-,16-10-. The van der Waals surface area contributed by atoms with E-state index in [1.807, 2.05) is 57.4 Å². The summed E-state index contributed by atoms with van der Waals surface area (Å²) in [4.78, 5) is 2.07. The molecule has 1 aliphatic rings. The largest absolute Gasteiger partial charge is 0.369 e. The Hall–Kier alpha value is -0.960. The molecule has 1 nitrogen and oxygen atoms in total. The first-order chi connectivity index (χ1) is 10.9. The number of rotatable bonds is 8. The highest BCUT2D eigenvalue weighted by Crippen LogP contribution is 2.59. The lowest BCUT2D eigenvalue weighted by Gasteiger charge is -2.40. The van der Waals surface area contributed by atoms with Crippen molar-refractivity contribution in [2.75, 3.05) is 19.8 Å². The van der Waals surface area contributed by atoms with E-state index in [4.69, 9.17) is 0 Å². The van der Waals surface area contributed by atoms with E-state index < -0.39 is 10.4 Å². The molecule has 0 aromatic heterocycles. The average Bonchev–Trinajstić information content (AvgIpc) is 2.54. The molecule has 0 aromatic carbocycles. The van der Waals surface area contributed by atoms with E-state index in [9.17, 15) is 0 Å². The summed E-state index contributed by atoms with van der Waals surface area (Å²) in [5, 5.41) is 0.446. The number of allylic oxidation sites excluding steroid dienone is 4. The third kappa shape index (κ3) is 6.21. The van der Waals surface area contributed by atoms with Crippen LogP contribution in [0.1, 0.15) is 46.0 Å². The maximum absolute atomic E-state index is 15.6. The van der Waals surface area contributed by atoms with E-state index in [0.29, 0.717) is 10.9 Å². The Morgan fingerprint density at radius 1 is 1.17 bits per heavy atom. The van der Waals surface area contributed by atoms with Crippen LogP contribution in [0.3, 0.4) is 0 Å². The summed E-state index contributed by atoms with van der Waals surface area (Å²) in [7, 11) is -0.466. The van der Waals surface area contributed by atoms with E-state index in [-0.39, 0.29) is 5.25 Å². The van der Waals surface area contributed by atoms with Gasteiger partial charge in [-0.1, -0.05) is 62.3 Å². The van der Waals surface area contributed by atoms with Crippen LogP contribution in [0.2, 0.25) is 0 Å². The third-order valence-electron chi connectivity index (χ3n) is 4.64. The van der Waals surface area contributed by atoms with E-state index in [0.717, 1.165) is 6.54 Å². The molecule has 3 heteroatoms. The Bertz CT molecular complexity index is 445. The van der Waals surface area contributed by atoms with Crippen LogP contribution in [0, 0.1) is 5.92 Å². The lowest BCUT2D eigenvalue weighted by Crippen LogP contribution is -2.29. The van der Waals surface area contributed by atoms with Gasteiger partial charge >= 0.3 is 0 Å². The van der Waals surface area contributed by atoms with Crippen LogP contribution in [0.25, 0.3) is 0 Å². The van der Waals surface area contributed by atoms with Crippen molar-refractivity contribution in [3.8, 4) is 0 Å². The van der Waals surface area contributed by atoms with Gasteiger partial charge in [0.2, 0.25) is 0 Å². The van der Waals surface area contributed by atoms with Crippen LogP contribution in [0.4, 0.5) is 3.89 Å². The van der Waals surface area contributed by atoms with Crippen molar-refractivity contribution < 1.29 is 3.89 Å². The minimum Gasteiger partial charge on any atom is -0.369 e. The molecule has 1 rings (SSSR count). The first kappa shape index (κ1) is 20.1. The summed E-state index contributed by atoms with van der Waals surface area (Å²) in [6.45, 7) is 8.97. The zero-order valence-corrected chi connectivity index (χ0v) is 16.1. The number of hydrogen-bond acceptors (Lipinski definition) is 1. The van der Waals surface area contributed by atoms with Crippen molar-refractivity contribution in [3.05, 3.63) is 48.1 Å². The van der Waals surface area contributed by atoms with Crippen molar-refractivity contribution >= 4 is 10.4 Å². The Morgan fingerprint density at radius 2 is 1.83 bits per heavy atom. The smallest absolute Gasteiger partial charge is 0.0736 e. The molecule has 0 heterocycles. The van der Waals surface area contributed by atoms with Crippen molar-refractivity contribution in [2.24, 2.45) is 5.92 Å². The van der Waals surface area contributed by atoms with Gasteiger partial charge in [0.05, 0.1) is 10.3 Å². The molecule has 0 radical (unpaired) electrons. The van der Waals surface area contributed by atoms with Gasteiger partial charge in [-0.05, 0) is 49.3 Å². The molecular weight excluding hydrogens is 305 g/mol. The molecule has 2 unspecified atom stereocenters. The molecule has 0 aliphatic heterocycles. The van der Waals surface area contributed by atoms with Crippen LogP contribution in [-0.2, 0) is 0 Å². The first-order valence-corrected chi connectivity index (χ1v) is 10.7. The predicted molar refractivity (Wildman–Crippen MR) is 106 cm³/mol. The molecule has 0 N–H and O–H groups in total. The fraction of sp³-hybridized carbons (Fsp3) is 0.600. The normalized spacial score (nSPS) is 22.5.